The number of piperidine rings is 1. The smallest absolute Gasteiger partial charge is 0.253 e. The van der Waals surface area contributed by atoms with Crippen LogP contribution in [0.25, 0.3) is 0 Å². The highest BCUT2D eigenvalue weighted by atomic mass is 32.2. The third-order valence-corrected chi connectivity index (χ3v) is 3.96. The van der Waals surface area contributed by atoms with Gasteiger partial charge in [-0.05, 0) is 37.0 Å². The molecule has 110 valence electrons. The largest absolute Gasteiger partial charge is 0.338 e. The van der Waals surface area contributed by atoms with Crippen LogP contribution in [-0.4, -0.2) is 38.6 Å². The lowest BCUT2D eigenvalue weighted by Gasteiger charge is -2.31. The normalized spacial score (nSPS) is 19.7. The van der Waals surface area contributed by atoms with Crippen LogP contribution < -0.4 is 4.72 Å². The quantitative estimate of drug-likeness (QED) is 0.927. The maximum Gasteiger partial charge on any atom is 0.253 e. The number of rotatable bonds is 3. The predicted molar refractivity (Wildman–Crippen MR) is 79.2 cm³/mol. The van der Waals surface area contributed by atoms with Gasteiger partial charge >= 0.3 is 0 Å². The molecule has 0 aromatic heterocycles. The first-order valence-corrected chi connectivity index (χ1v) is 8.61. The van der Waals surface area contributed by atoms with Crippen molar-refractivity contribution in [2.75, 3.05) is 24.1 Å². The Balaban J connectivity index is 2.16. The second-order valence-corrected chi connectivity index (χ2v) is 7.20. The van der Waals surface area contributed by atoms with Gasteiger partial charge in [0.1, 0.15) is 0 Å². The zero-order chi connectivity index (χ0) is 14.8. The van der Waals surface area contributed by atoms with Gasteiger partial charge < -0.3 is 4.90 Å². The molecule has 2 rings (SSSR count). The molecule has 5 nitrogen and oxygen atoms in total. The molecule has 6 heteroatoms. The number of amides is 1. The Hall–Kier alpha value is -1.56. The number of nitrogens with one attached hydrogen (secondary N) is 1. The molecule has 0 spiro atoms. The summed E-state index contributed by atoms with van der Waals surface area (Å²) in [6.45, 7) is 3.68. The van der Waals surface area contributed by atoms with Crippen molar-refractivity contribution < 1.29 is 13.2 Å². The van der Waals surface area contributed by atoms with Crippen molar-refractivity contribution in [2.45, 2.75) is 19.8 Å². The number of anilines is 1. The maximum atomic E-state index is 12.4. The minimum absolute atomic E-state index is 0.0336. The van der Waals surface area contributed by atoms with Crippen molar-refractivity contribution in [3.63, 3.8) is 0 Å². The molecule has 1 atom stereocenters. The van der Waals surface area contributed by atoms with E-state index in [4.69, 9.17) is 0 Å². The van der Waals surface area contributed by atoms with E-state index in [1.165, 1.54) is 0 Å². The minimum atomic E-state index is -3.33. The van der Waals surface area contributed by atoms with Crippen LogP contribution >= 0.6 is 0 Å². The highest BCUT2D eigenvalue weighted by molar-refractivity contribution is 7.92. The molecule has 1 N–H and O–H groups in total. The van der Waals surface area contributed by atoms with Gasteiger partial charge in [0.2, 0.25) is 10.0 Å². The van der Waals surface area contributed by atoms with Crippen LogP contribution in [0.1, 0.15) is 30.1 Å². The van der Waals surface area contributed by atoms with Gasteiger partial charge in [0.25, 0.3) is 5.91 Å². The van der Waals surface area contributed by atoms with Crippen LogP contribution in [0.15, 0.2) is 24.3 Å². The first kappa shape index (κ1) is 14.8. The number of likely N-dealkylation sites (tertiary alicyclic amines) is 1. The number of hydrogen-bond donors (Lipinski definition) is 1. The molecule has 1 amide bonds. The van der Waals surface area contributed by atoms with Crippen LogP contribution in [0.2, 0.25) is 0 Å². The fourth-order valence-corrected chi connectivity index (χ4v) is 3.04. The molecule has 0 bridgehead atoms. The van der Waals surface area contributed by atoms with E-state index < -0.39 is 10.0 Å². The highest BCUT2D eigenvalue weighted by Gasteiger charge is 2.22. The summed E-state index contributed by atoms with van der Waals surface area (Å²) in [6.07, 6.45) is 3.27. The number of sulfonamides is 1. The monoisotopic (exact) mass is 296 g/mol. The SMILES string of the molecule is CC1CCCN(C(=O)c2cccc(NS(C)(=O)=O)c2)C1. The summed E-state index contributed by atoms with van der Waals surface area (Å²) in [5, 5.41) is 0. The van der Waals surface area contributed by atoms with Crippen LogP contribution in [0.3, 0.4) is 0 Å². The molecular weight excluding hydrogens is 276 g/mol. The zero-order valence-electron chi connectivity index (χ0n) is 11.8. The van der Waals surface area contributed by atoms with Gasteiger partial charge in [-0.15, -0.1) is 0 Å². The Labute approximate surface area is 120 Å². The Kier molecular flexibility index (Phi) is 4.32. The van der Waals surface area contributed by atoms with Gasteiger partial charge in [0.05, 0.1) is 6.26 Å². The molecule has 0 saturated carbocycles. The maximum absolute atomic E-state index is 12.4. The Morgan fingerprint density at radius 1 is 1.40 bits per heavy atom. The number of nitrogens with zero attached hydrogens (tertiary/aromatic N) is 1. The molecule has 20 heavy (non-hydrogen) atoms. The Bertz CT molecular complexity index is 598. The molecular formula is C14H20N2O3S. The number of carbonyl (C=O) groups excluding carboxylic acids is 1. The molecule has 0 radical (unpaired) electrons. The van der Waals surface area contributed by atoms with Crippen LogP contribution in [-0.2, 0) is 10.0 Å². The third kappa shape index (κ3) is 3.96. The highest BCUT2D eigenvalue weighted by Crippen LogP contribution is 2.19. The third-order valence-electron chi connectivity index (χ3n) is 3.36. The molecule has 1 aromatic carbocycles. The number of benzene rings is 1. The summed E-state index contributed by atoms with van der Waals surface area (Å²) in [7, 11) is -3.33. The van der Waals surface area contributed by atoms with Gasteiger partial charge in [-0.3, -0.25) is 9.52 Å². The summed E-state index contributed by atoms with van der Waals surface area (Å²) < 4.78 is 24.8. The van der Waals surface area contributed by atoms with E-state index in [0.29, 0.717) is 17.2 Å². The lowest BCUT2D eigenvalue weighted by molar-refractivity contribution is 0.0683. The molecule has 1 fully saturated rings. The van der Waals surface area contributed by atoms with Crippen molar-refractivity contribution in [3.05, 3.63) is 29.8 Å². The van der Waals surface area contributed by atoms with E-state index in [-0.39, 0.29) is 5.91 Å². The van der Waals surface area contributed by atoms with Gasteiger partial charge in [-0.1, -0.05) is 13.0 Å². The average Bonchev–Trinajstić information content (AvgIpc) is 2.36. The summed E-state index contributed by atoms with van der Waals surface area (Å²) in [5.74, 6) is 0.485. The number of hydrogen-bond acceptors (Lipinski definition) is 3. The van der Waals surface area contributed by atoms with Crippen molar-refractivity contribution in [2.24, 2.45) is 5.92 Å². The predicted octanol–water partition coefficient (Wildman–Crippen LogP) is 1.93. The second-order valence-electron chi connectivity index (χ2n) is 5.45. The average molecular weight is 296 g/mol. The van der Waals surface area contributed by atoms with Crippen LogP contribution in [0.4, 0.5) is 5.69 Å². The first-order chi connectivity index (χ1) is 9.35. The van der Waals surface area contributed by atoms with Gasteiger partial charge in [-0.2, -0.15) is 0 Å². The van der Waals surface area contributed by atoms with Crippen LogP contribution in [0, 0.1) is 5.92 Å². The molecule has 1 unspecified atom stereocenters. The van der Waals surface area contributed by atoms with Gasteiger partial charge in [-0.25, -0.2) is 8.42 Å². The molecule has 1 aromatic rings. The summed E-state index contributed by atoms with van der Waals surface area (Å²) in [4.78, 5) is 14.3. The molecule has 0 aliphatic carbocycles. The fraction of sp³-hybridized carbons (Fsp3) is 0.500. The van der Waals surface area contributed by atoms with E-state index in [1.54, 1.807) is 24.3 Å². The summed E-state index contributed by atoms with van der Waals surface area (Å²) >= 11 is 0. The standard InChI is InChI=1S/C14H20N2O3S/c1-11-5-4-8-16(10-11)14(17)12-6-3-7-13(9-12)15-20(2,18)19/h3,6-7,9,11,15H,4-5,8,10H2,1-2H3. The van der Waals surface area contributed by atoms with Crippen molar-refractivity contribution in [1.29, 1.82) is 0 Å². The van der Waals surface area contributed by atoms with Crippen molar-refractivity contribution in [1.82, 2.24) is 4.90 Å². The Morgan fingerprint density at radius 3 is 2.80 bits per heavy atom. The van der Waals surface area contributed by atoms with Crippen molar-refractivity contribution in [3.8, 4) is 0 Å². The minimum Gasteiger partial charge on any atom is -0.338 e. The summed E-state index contributed by atoms with van der Waals surface area (Å²) in [6, 6.07) is 6.63. The molecule has 1 heterocycles. The fourth-order valence-electron chi connectivity index (χ4n) is 2.49. The first-order valence-electron chi connectivity index (χ1n) is 6.72. The van der Waals surface area contributed by atoms with Gasteiger partial charge in [0, 0.05) is 24.3 Å². The van der Waals surface area contributed by atoms with Crippen molar-refractivity contribution >= 4 is 21.6 Å². The molecule has 1 aliphatic rings. The van der Waals surface area contributed by atoms with E-state index >= 15 is 0 Å². The van der Waals surface area contributed by atoms with E-state index in [2.05, 4.69) is 11.6 Å². The van der Waals surface area contributed by atoms with E-state index in [9.17, 15) is 13.2 Å². The number of carbonyl (C=O) groups is 1. The lowest BCUT2D eigenvalue weighted by atomic mass is 9.99. The Morgan fingerprint density at radius 2 is 2.15 bits per heavy atom. The van der Waals surface area contributed by atoms with Gasteiger partial charge in [0.15, 0.2) is 0 Å². The lowest BCUT2D eigenvalue weighted by Crippen LogP contribution is -2.39. The summed E-state index contributed by atoms with van der Waals surface area (Å²) in [5.41, 5.74) is 0.941. The second kappa shape index (κ2) is 5.83. The topological polar surface area (TPSA) is 66.5 Å². The molecule has 1 saturated heterocycles. The van der Waals surface area contributed by atoms with E-state index in [0.717, 1.165) is 32.2 Å². The van der Waals surface area contributed by atoms with E-state index in [1.807, 2.05) is 4.90 Å². The molecule has 1 aliphatic heterocycles. The van der Waals surface area contributed by atoms with Crippen LogP contribution in [0.5, 0.6) is 0 Å². The zero-order valence-corrected chi connectivity index (χ0v) is 12.6.